The van der Waals surface area contributed by atoms with Crippen molar-refractivity contribution in [3.63, 3.8) is 0 Å². The van der Waals surface area contributed by atoms with Gasteiger partial charge in [-0.3, -0.25) is 9.59 Å². The predicted octanol–water partition coefficient (Wildman–Crippen LogP) is 0.689. The lowest BCUT2D eigenvalue weighted by atomic mass is 10.4. The number of aliphatic carboxylic acids is 1. The Labute approximate surface area is 100 Å². The second-order valence-electron chi connectivity index (χ2n) is 3.16. The fourth-order valence-corrected chi connectivity index (χ4v) is 1.87. The van der Waals surface area contributed by atoms with Crippen LogP contribution in [0.15, 0.2) is 0 Å². The molecule has 1 N–H and O–H groups in total. The molecule has 16 heavy (non-hydrogen) atoms. The summed E-state index contributed by atoms with van der Waals surface area (Å²) in [5.74, 6) is 0.276. The van der Waals surface area contributed by atoms with Crippen LogP contribution in [0.5, 0.6) is 0 Å². The van der Waals surface area contributed by atoms with E-state index in [1.54, 1.807) is 12.0 Å². The molecule has 0 aromatic carbocycles. The molecule has 0 aliphatic rings. The van der Waals surface area contributed by atoms with Crippen LogP contribution in [0.1, 0.15) is 13.3 Å². The van der Waals surface area contributed by atoms with Gasteiger partial charge in [0.25, 0.3) is 0 Å². The van der Waals surface area contributed by atoms with Crippen LogP contribution in [-0.4, -0.2) is 60.2 Å². The van der Waals surface area contributed by atoms with Crippen LogP contribution in [0.25, 0.3) is 0 Å². The largest absolute Gasteiger partial charge is 0.481 e. The molecule has 5 nitrogen and oxygen atoms in total. The van der Waals surface area contributed by atoms with E-state index in [1.165, 1.54) is 11.8 Å². The minimum atomic E-state index is -0.877. The van der Waals surface area contributed by atoms with Crippen LogP contribution in [0, 0.1) is 0 Å². The third-order valence-corrected chi connectivity index (χ3v) is 2.89. The number of hydrogen-bond donors (Lipinski definition) is 1. The average molecular weight is 249 g/mol. The van der Waals surface area contributed by atoms with Crippen LogP contribution < -0.4 is 0 Å². The number of amides is 1. The number of carboxylic acid groups (broad SMARTS) is 1. The minimum absolute atomic E-state index is 0.00230. The highest BCUT2D eigenvalue weighted by atomic mass is 32.2. The predicted molar refractivity (Wildman–Crippen MR) is 63.7 cm³/mol. The van der Waals surface area contributed by atoms with Gasteiger partial charge in [-0.1, -0.05) is 0 Å². The Morgan fingerprint density at radius 1 is 1.44 bits per heavy atom. The average Bonchev–Trinajstić information content (AvgIpc) is 2.25. The van der Waals surface area contributed by atoms with Gasteiger partial charge in [0.05, 0.1) is 18.8 Å². The highest BCUT2D eigenvalue weighted by Crippen LogP contribution is 2.03. The van der Waals surface area contributed by atoms with E-state index in [0.29, 0.717) is 18.9 Å². The van der Waals surface area contributed by atoms with E-state index in [0.717, 1.165) is 5.75 Å². The van der Waals surface area contributed by atoms with Gasteiger partial charge in [-0.05, 0) is 6.92 Å². The van der Waals surface area contributed by atoms with Crippen LogP contribution in [0.2, 0.25) is 0 Å². The Morgan fingerprint density at radius 2 is 2.12 bits per heavy atom. The van der Waals surface area contributed by atoms with Gasteiger partial charge in [0.2, 0.25) is 5.91 Å². The van der Waals surface area contributed by atoms with E-state index in [1.807, 2.05) is 6.92 Å². The molecule has 94 valence electrons. The molecule has 0 rings (SSSR count). The first-order chi connectivity index (χ1) is 7.61. The second-order valence-corrected chi connectivity index (χ2v) is 4.27. The van der Waals surface area contributed by atoms with Crippen molar-refractivity contribution in [2.24, 2.45) is 0 Å². The maximum atomic E-state index is 11.6. The van der Waals surface area contributed by atoms with Gasteiger partial charge < -0.3 is 14.7 Å². The maximum absolute atomic E-state index is 11.6. The molecule has 0 heterocycles. The monoisotopic (exact) mass is 249 g/mol. The van der Waals surface area contributed by atoms with Gasteiger partial charge in [-0.15, -0.1) is 11.8 Å². The zero-order valence-corrected chi connectivity index (χ0v) is 10.6. The van der Waals surface area contributed by atoms with Crippen molar-refractivity contribution >= 4 is 23.6 Å². The number of carbonyl (C=O) groups is 2. The van der Waals surface area contributed by atoms with Gasteiger partial charge in [-0.2, -0.15) is 0 Å². The zero-order valence-electron chi connectivity index (χ0n) is 9.77. The molecular weight excluding hydrogens is 230 g/mol. The highest BCUT2D eigenvalue weighted by molar-refractivity contribution is 7.99. The molecule has 0 aromatic heterocycles. The van der Waals surface area contributed by atoms with Gasteiger partial charge in [0, 0.05) is 26.0 Å². The number of thioether (sulfide) groups is 1. The molecule has 0 bridgehead atoms. The van der Waals surface area contributed by atoms with E-state index in [9.17, 15) is 9.59 Å². The molecular formula is C10H19NO4S. The van der Waals surface area contributed by atoms with Gasteiger partial charge in [-0.25, -0.2) is 0 Å². The number of rotatable bonds is 9. The normalized spacial score (nSPS) is 10.1. The first-order valence-corrected chi connectivity index (χ1v) is 6.33. The third kappa shape index (κ3) is 7.53. The summed E-state index contributed by atoms with van der Waals surface area (Å²) in [4.78, 5) is 23.6. The van der Waals surface area contributed by atoms with Gasteiger partial charge in [0.1, 0.15) is 0 Å². The molecule has 0 radical (unpaired) electrons. The molecule has 1 amide bonds. The SMILES string of the molecule is CCN(CCC(=O)O)C(=O)CSCCOC. The van der Waals surface area contributed by atoms with Crippen LogP contribution in [-0.2, 0) is 14.3 Å². The summed E-state index contributed by atoms with van der Waals surface area (Å²) in [7, 11) is 1.62. The fraction of sp³-hybridized carbons (Fsp3) is 0.800. The molecule has 0 aliphatic carbocycles. The maximum Gasteiger partial charge on any atom is 0.305 e. The van der Waals surface area contributed by atoms with E-state index < -0.39 is 5.97 Å². The summed E-state index contributed by atoms with van der Waals surface area (Å²) >= 11 is 1.50. The fourth-order valence-electron chi connectivity index (χ4n) is 1.08. The van der Waals surface area contributed by atoms with Gasteiger partial charge in [0.15, 0.2) is 0 Å². The summed E-state index contributed by atoms with van der Waals surface area (Å²) in [5, 5.41) is 8.53. The molecule has 0 fully saturated rings. The van der Waals surface area contributed by atoms with E-state index in [2.05, 4.69) is 0 Å². The van der Waals surface area contributed by atoms with Crippen molar-refractivity contribution < 1.29 is 19.4 Å². The summed E-state index contributed by atoms with van der Waals surface area (Å²) in [6, 6.07) is 0. The van der Waals surface area contributed by atoms with Crippen molar-refractivity contribution in [3.05, 3.63) is 0 Å². The molecule has 0 saturated carbocycles. The summed E-state index contributed by atoms with van der Waals surface area (Å²) < 4.78 is 4.87. The van der Waals surface area contributed by atoms with E-state index >= 15 is 0 Å². The number of hydrogen-bond acceptors (Lipinski definition) is 4. The van der Waals surface area contributed by atoms with Gasteiger partial charge >= 0.3 is 5.97 Å². The zero-order chi connectivity index (χ0) is 12.4. The first-order valence-electron chi connectivity index (χ1n) is 5.18. The van der Waals surface area contributed by atoms with Crippen molar-refractivity contribution in [2.45, 2.75) is 13.3 Å². The number of methoxy groups -OCH3 is 1. The topological polar surface area (TPSA) is 66.8 Å². The number of ether oxygens (including phenoxy) is 1. The minimum Gasteiger partial charge on any atom is -0.481 e. The van der Waals surface area contributed by atoms with Crippen LogP contribution >= 0.6 is 11.8 Å². The van der Waals surface area contributed by atoms with Crippen molar-refractivity contribution in [3.8, 4) is 0 Å². The van der Waals surface area contributed by atoms with Crippen molar-refractivity contribution in [1.29, 1.82) is 0 Å². The molecule has 0 spiro atoms. The summed E-state index contributed by atoms with van der Waals surface area (Å²) in [6.07, 6.45) is 0.00230. The highest BCUT2D eigenvalue weighted by Gasteiger charge is 2.12. The Kier molecular flexibility index (Phi) is 9.03. The Morgan fingerprint density at radius 3 is 2.62 bits per heavy atom. The lowest BCUT2D eigenvalue weighted by molar-refractivity contribution is -0.138. The molecule has 0 unspecified atom stereocenters. The second kappa shape index (κ2) is 9.47. The van der Waals surface area contributed by atoms with E-state index in [4.69, 9.17) is 9.84 Å². The number of carboxylic acids is 1. The molecule has 0 saturated heterocycles. The number of nitrogens with zero attached hydrogens (tertiary/aromatic N) is 1. The van der Waals surface area contributed by atoms with Crippen molar-refractivity contribution in [2.75, 3.05) is 38.3 Å². The summed E-state index contributed by atoms with van der Waals surface area (Å²) in [6.45, 7) is 3.31. The number of carbonyl (C=O) groups excluding carboxylic acids is 1. The lowest BCUT2D eigenvalue weighted by Crippen LogP contribution is -2.34. The van der Waals surface area contributed by atoms with Crippen LogP contribution in [0.3, 0.4) is 0 Å². The smallest absolute Gasteiger partial charge is 0.305 e. The molecule has 0 aromatic rings. The third-order valence-electron chi connectivity index (χ3n) is 1.99. The molecule has 0 aliphatic heterocycles. The Hall–Kier alpha value is -0.750. The van der Waals surface area contributed by atoms with Crippen molar-refractivity contribution in [1.82, 2.24) is 4.90 Å². The summed E-state index contributed by atoms with van der Waals surface area (Å²) in [5.41, 5.74) is 0. The Bertz CT molecular complexity index is 223. The lowest BCUT2D eigenvalue weighted by Gasteiger charge is -2.19. The van der Waals surface area contributed by atoms with E-state index in [-0.39, 0.29) is 18.9 Å². The quantitative estimate of drug-likeness (QED) is 0.609. The van der Waals surface area contributed by atoms with Crippen LogP contribution in [0.4, 0.5) is 0 Å². The molecule has 0 atom stereocenters. The Balaban J connectivity index is 3.77. The standard InChI is InChI=1S/C10H19NO4S/c1-3-11(5-4-10(13)14)9(12)8-16-7-6-15-2/h3-8H2,1-2H3,(H,13,14). The first kappa shape index (κ1) is 15.2. The molecule has 6 heteroatoms.